The maximum atomic E-state index is 13.6. The molecule has 0 heterocycles. The van der Waals surface area contributed by atoms with Crippen molar-refractivity contribution in [2.75, 3.05) is 13.2 Å². The van der Waals surface area contributed by atoms with E-state index in [-0.39, 0.29) is 54.1 Å². The molecule has 2 fully saturated rings. The van der Waals surface area contributed by atoms with Gasteiger partial charge < -0.3 is 20.1 Å². The van der Waals surface area contributed by atoms with Crippen molar-refractivity contribution in [1.82, 2.24) is 10.6 Å². The number of nitrogens with one attached hydrogen (secondary N) is 2. The highest BCUT2D eigenvalue weighted by Crippen LogP contribution is 2.44. The molecule has 7 heteroatoms. The fourth-order valence-corrected chi connectivity index (χ4v) is 6.02. The molecule has 4 aliphatic carbocycles. The first-order chi connectivity index (χ1) is 18.1. The molecule has 0 aromatic heterocycles. The Hall–Kier alpha value is -2.31. The summed E-state index contributed by atoms with van der Waals surface area (Å²) in [5.74, 6) is 1.28. The number of Topliss-reactive ketones (excluding diaryl/α,β-unsaturated/α-hetero) is 1. The van der Waals surface area contributed by atoms with Gasteiger partial charge in [-0.25, -0.2) is 9.59 Å². The van der Waals surface area contributed by atoms with Crippen LogP contribution in [0.5, 0.6) is 0 Å². The Bertz CT molecular complexity index is 876. The van der Waals surface area contributed by atoms with Crippen LogP contribution in [-0.2, 0) is 14.3 Å². The Morgan fingerprint density at radius 2 is 1.18 bits per heavy atom. The molecular formula is C31H48N2O5. The summed E-state index contributed by atoms with van der Waals surface area (Å²) < 4.78 is 11.4. The number of rotatable bonds is 12. The van der Waals surface area contributed by atoms with Crippen LogP contribution in [0.4, 0.5) is 9.59 Å². The highest BCUT2D eigenvalue weighted by Gasteiger charge is 2.40. The standard InChI is InChI=1S/C31H48N2O5/c1-21-9-13-30(14-10-21,19-37-28(35)32-23(3)25-5-6-25)17-27(34)18-31(15-11-22(2)12-16-31)20-38-29(36)33-24(4)26-7-8-26/h9,11,23-26H,5-8,10,12-20H2,1-4H3,(H,32,35)(H,33,36). The molecule has 0 spiro atoms. The first kappa shape index (κ1) is 28.7. The zero-order chi connectivity index (χ0) is 27.3. The number of hydrogen-bond acceptors (Lipinski definition) is 5. The van der Waals surface area contributed by atoms with Gasteiger partial charge in [-0.15, -0.1) is 0 Å². The summed E-state index contributed by atoms with van der Waals surface area (Å²) >= 11 is 0. The molecule has 4 atom stereocenters. The SMILES string of the molecule is CC1=CCC(COC(=O)NC(C)C2CC2)(CC(=O)CC2(COC(=O)NC(C)C3CC3)CC=C(C)CC2)CC1. The largest absolute Gasteiger partial charge is 0.449 e. The van der Waals surface area contributed by atoms with Gasteiger partial charge in [-0.2, -0.15) is 0 Å². The van der Waals surface area contributed by atoms with Gasteiger partial charge in [-0.3, -0.25) is 4.79 Å². The fraction of sp³-hybridized carbons (Fsp3) is 0.774. The normalized spacial score (nSPS) is 28.8. The first-order valence-corrected chi connectivity index (χ1v) is 14.8. The molecule has 0 aromatic carbocycles. The number of ketones is 1. The molecule has 7 nitrogen and oxygen atoms in total. The highest BCUT2D eigenvalue weighted by molar-refractivity contribution is 5.80. The average molecular weight is 529 g/mol. The first-order valence-electron chi connectivity index (χ1n) is 14.8. The van der Waals surface area contributed by atoms with E-state index in [1.54, 1.807) is 0 Å². The zero-order valence-corrected chi connectivity index (χ0v) is 23.9. The smallest absolute Gasteiger partial charge is 0.407 e. The van der Waals surface area contributed by atoms with E-state index in [9.17, 15) is 14.4 Å². The van der Waals surface area contributed by atoms with E-state index in [0.29, 0.717) is 24.7 Å². The lowest BCUT2D eigenvalue weighted by Crippen LogP contribution is -2.40. The summed E-state index contributed by atoms with van der Waals surface area (Å²) in [6, 6.07) is 0.251. The Labute approximate surface area is 228 Å². The third kappa shape index (κ3) is 8.34. The maximum Gasteiger partial charge on any atom is 0.407 e. The van der Waals surface area contributed by atoms with E-state index in [2.05, 4.69) is 36.6 Å². The number of amides is 2. The predicted octanol–water partition coefficient (Wildman–Crippen LogP) is 6.62. The number of ether oxygens (including phenoxy) is 2. The summed E-state index contributed by atoms with van der Waals surface area (Å²) in [7, 11) is 0. The van der Waals surface area contributed by atoms with Crippen molar-refractivity contribution in [3.8, 4) is 0 Å². The van der Waals surface area contributed by atoms with E-state index in [1.165, 1.54) is 11.1 Å². The van der Waals surface area contributed by atoms with Gasteiger partial charge in [0.25, 0.3) is 0 Å². The molecule has 4 aliphatic rings. The summed E-state index contributed by atoms with van der Waals surface area (Å²) in [5.41, 5.74) is 1.89. The van der Waals surface area contributed by atoms with Crippen LogP contribution in [0.25, 0.3) is 0 Å². The van der Waals surface area contributed by atoms with Crippen molar-refractivity contribution in [2.45, 2.75) is 117 Å². The van der Waals surface area contributed by atoms with Crippen molar-refractivity contribution in [2.24, 2.45) is 22.7 Å². The van der Waals surface area contributed by atoms with E-state index < -0.39 is 0 Å². The number of alkyl carbamates (subject to hydrolysis) is 2. The van der Waals surface area contributed by atoms with Crippen LogP contribution in [-0.4, -0.2) is 43.3 Å². The second-order valence-corrected chi connectivity index (χ2v) is 13.1. The number of allylic oxidation sites excluding steroid dienone is 4. The van der Waals surface area contributed by atoms with Gasteiger partial charge in [0, 0.05) is 35.8 Å². The quantitative estimate of drug-likeness (QED) is 0.278. The summed E-state index contributed by atoms with van der Waals surface area (Å²) in [5, 5.41) is 5.93. The number of carbonyl (C=O) groups excluding carboxylic acids is 3. The van der Waals surface area contributed by atoms with Gasteiger partial charge >= 0.3 is 12.2 Å². The van der Waals surface area contributed by atoms with Gasteiger partial charge in [-0.1, -0.05) is 23.3 Å². The van der Waals surface area contributed by atoms with Crippen molar-refractivity contribution in [3.05, 3.63) is 23.3 Å². The van der Waals surface area contributed by atoms with Crippen molar-refractivity contribution >= 4 is 18.0 Å². The fourth-order valence-electron chi connectivity index (χ4n) is 6.02. The van der Waals surface area contributed by atoms with E-state index in [0.717, 1.165) is 64.2 Å². The Morgan fingerprint density at radius 1 is 0.789 bits per heavy atom. The van der Waals surface area contributed by atoms with Crippen molar-refractivity contribution in [3.63, 3.8) is 0 Å². The van der Waals surface area contributed by atoms with E-state index in [4.69, 9.17) is 9.47 Å². The van der Waals surface area contributed by atoms with Gasteiger partial charge in [0.1, 0.15) is 5.78 Å². The van der Waals surface area contributed by atoms with E-state index >= 15 is 0 Å². The molecule has 2 amide bonds. The number of hydrogen-bond donors (Lipinski definition) is 2. The van der Waals surface area contributed by atoms with Gasteiger partial charge in [0.05, 0.1) is 13.2 Å². The molecule has 0 bridgehead atoms. The Morgan fingerprint density at radius 3 is 1.50 bits per heavy atom. The second-order valence-electron chi connectivity index (χ2n) is 13.1. The van der Waals surface area contributed by atoms with Gasteiger partial charge in [-0.05, 0) is 104 Å². The van der Waals surface area contributed by atoms with Crippen LogP contribution in [0.1, 0.15) is 105 Å². The van der Waals surface area contributed by atoms with Crippen molar-refractivity contribution < 1.29 is 23.9 Å². The minimum absolute atomic E-state index is 0.126. The van der Waals surface area contributed by atoms with Crippen LogP contribution in [0.3, 0.4) is 0 Å². The number of carbonyl (C=O) groups is 3. The summed E-state index contributed by atoms with van der Waals surface area (Å²) in [6.07, 6.45) is 14.0. The minimum atomic E-state index is -0.383. The lowest BCUT2D eigenvalue weighted by Gasteiger charge is -2.38. The highest BCUT2D eigenvalue weighted by atomic mass is 16.6. The van der Waals surface area contributed by atoms with Crippen molar-refractivity contribution in [1.29, 1.82) is 0 Å². The van der Waals surface area contributed by atoms with Crippen LogP contribution in [0.15, 0.2) is 23.3 Å². The zero-order valence-electron chi connectivity index (χ0n) is 23.9. The van der Waals surface area contributed by atoms with Gasteiger partial charge in [0.15, 0.2) is 0 Å². The molecular weight excluding hydrogens is 480 g/mol. The summed E-state index contributed by atoms with van der Waals surface area (Å²) in [4.78, 5) is 38.6. The monoisotopic (exact) mass is 528 g/mol. The van der Waals surface area contributed by atoms with Crippen LogP contribution >= 0.6 is 0 Å². The molecule has 4 unspecified atom stereocenters. The molecule has 38 heavy (non-hydrogen) atoms. The molecule has 0 aliphatic heterocycles. The maximum absolute atomic E-state index is 13.6. The molecule has 2 saturated carbocycles. The molecule has 0 radical (unpaired) electrons. The molecule has 2 N–H and O–H groups in total. The Balaban J connectivity index is 1.36. The Kier molecular flexibility index (Phi) is 9.25. The lowest BCUT2D eigenvalue weighted by molar-refractivity contribution is -0.125. The minimum Gasteiger partial charge on any atom is -0.449 e. The van der Waals surface area contributed by atoms with Gasteiger partial charge in [0.2, 0.25) is 0 Å². The topological polar surface area (TPSA) is 93.7 Å². The lowest BCUT2D eigenvalue weighted by atomic mass is 9.68. The third-order valence-corrected chi connectivity index (χ3v) is 9.38. The van der Waals surface area contributed by atoms with Crippen LogP contribution in [0.2, 0.25) is 0 Å². The average Bonchev–Trinajstić information content (AvgIpc) is 3.77. The third-order valence-electron chi connectivity index (χ3n) is 9.38. The van der Waals surface area contributed by atoms with Crippen LogP contribution in [0, 0.1) is 22.7 Å². The summed E-state index contributed by atoms with van der Waals surface area (Å²) in [6.45, 7) is 8.79. The van der Waals surface area contributed by atoms with Crippen LogP contribution < -0.4 is 10.6 Å². The molecule has 0 aromatic rings. The molecule has 212 valence electrons. The molecule has 0 saturated heterocycles. The second kappa shape index (κ2) is 12.3. The van der Waals surface area contributed by atoms with E-state index in [1.807, 2.05) is 13.8 Å². The molecule has 4 rings (SSSR count). The predicted molar refractivity (Wildman–Crippen MR) is 148 cm³/mol.